The van der Waals surface area contributed by atoms with Gasteiger partial charge in [-0.25, -0.2) is 4.98 Å². The van der Waals surface area contributed by atoms with E-state index in [-0.39, 0.29) is 17.7 Å². The first-order valence-electron chi connectivity index (χ1n) is 8.43. The normalized spacial score (nSPS) is 22.1. The van der Waals surface area contributed by atoms with E-state index in [1.54, 1.807) is 18.1 Å². The summed E-state index contributed by atoms with van der Waals surface area (Å²) in [5.74, 6) is 0.687. The lowest BCUT2D eigenvalue weighted by atomic mass is 10.1. The maximum Gasteiger partial charge on any atom is 0.225 e. The number of pyridine rings is 1. The number of nitrogens with one attached hydrogen (secondary N) is 1. The number of hydrogen-bond acceptors (Lipinski definition) is 5. The van der Waals surface area contributed by atoms with E-state index in [9.17, 15) is 9.59 Å². The third kappa shape index (κ3) is 3.67. The average molecular weight is 331 g/mol. The minimum Gasteiger partial charge on any atom is -0.354 e. The molecule has 7 nitrogen and oxygen atoms in total. The molecular formula is C17H25N5O2. The minimum atomic E-state index is -0.244. The number of carbonyl (C=O) groups excluding carboxylic acids is 2. The van der Waals surface area contributed by atoms with Gasteiger partial charge in [-0.2, -0.15) is 0 Å². The van der Waals surface area contributed by atoms with Gasteiger partial charge in [0.05, 0.1) is 5.92 Å². The molecule has 0 aliphatic carbocycles. The molecule has 0 bridgehead atoms. The van der Waals surface area contributed by atoms with Crippen LogP contribution < -0.4 is 10.2 Å². The summed E-state index contributed by atoms with van der Waals surface area (Å²) in [5, 5.41) is 2.98. The van der Waals surface area contributed by atoms with Gasteiger partial charge in [-0.3, -0.25) is 9.59 Å². The van der Waals surface area contributed by atoms with Crippen molar-refractivity contribution in [1.29, 1.82) is 0 Å². The SMILES string of the molecule is CN1CCN(c2ncccc2CNC(=O)[C@H]2CC(=O)N(C)C2)CC1. The third-order valence-corrected chi connectivity index (χ3v) is 4.84. The molecule has 0 radical (unpaired) electrons. The highest BCUT2D eigenvalue weighted by molar-refractivity contribution is 5.89. The number of likely N-dealkylation sites (N-methyl/N-ethyl adjacent to an activating group) is 1. The lowest BCUT2D eigenvalue weighted by Gasteiger charge is -2.34. The molecule has 3 rings (SSSR count). The van der Waals surface area contributed by atoms with Crippen molar-refractivity contribution >= 4 is 17.6 Å². The number of piperazine rings is 1. The quantitative estimate of drug-likeness (QED) is 0.836. The molecule has 3 heterocycles. The van der Waals surface area contributed by atoms with Crippen LogP contribution in [-0.4, -0.2) is 73.4 Å². The molecule has 130 valence electrons. The predicted molar refractivity (Wildman–Crippen MR) is 91.5 cm³/mol. The van der Waals surface area contributed by atoms with E-state index in [0.717, 1.165) is 37.6 Å². The van der Waals surface area contributed by atoms with Gasteiger partial charge in [0.15, 0.2) is 0 Å². The van der Waals surface area contributed by atoms with E-state index < -0.39 is 0 Å². The molecule has 1 N–H and O–H groups in total. The maximum atomic E-state index is 12.3. The summed E-state index contributed by atoms with van der Waals surface area (Å²) >= 11 is 0. The Hall–Kier alpha value is -2.15. The summed E-state index contributed by atoms with van der Waals surface area (Å²) in [6.45, 7) is 4.86. The van der Waals surface area contributed by atoms with E-state index in [2.05, 4.69) is 27.1 Å². The van der Waals surface area contributed by atoms with Gasteiger partial charge < -0.3 is 20.0 Å². The minimum absolute atomic E-state index is 0.0367. The van der Waals surface area contributed by atoms with Crippen molar-refractivity contribution < 1.29 is 9.59 Å². The monoisotopic (exact) mass is 331 g/mol. The van der Waals surface area contributed by atoms with Crippen molar-refractivity contribution in [3.05, 3.63) is 23.9 Å². The lowest BCUT2D eigenvalue weighted by molar-refractivity contribution is -0.128. The van der Waals surface area contributed by atoms with E-state index in [1.165, 1.54) is 0 Å². The zero-order valence-electron chi connectivity index (χ0n) is 14.4. The summed E-state index contributed by atoms with van der Waals surface area (Å²) in [7, 11) is 3.86. The van der Waals surface area contributed by atoms with Crippen LogP contribution in [0.15, 0.2) is 18.3 Å². The highest BCUT2D eigenvalue weighted by Crippen LogP contribution is 2.20. The summed E-state index contributed by atoms with van der Waals surface area (Å²) in [6, 6.07) is 3.90. The Labute approximate surface area is 142 Å². The number of nitrogens with zero attached hydrogens (tertiary/aromatic N) is 4. The van der Waals surface area contributed by atoms with E-state index in [0.29, 0.717) is 19.5 Å². The molecule has 2 aliphatic rings. The number of aromatic nitrogens is 1. The highest BCUT2D eigenvalue weighted by atomic mass is 16.2. The molecule has 2 amide bonds. The third-order valence-electron chi connectivity index (χ3n) is 4.84. The number of amides is 2. The number of carbonyl (C=O) groups is 2. The second-order valence-corrected chi connectivity index (χ2v) is 6.67. The Morgan fingerprint density at radius 3 is 2.71 bits per heavy atom. The van der Waals surface area contributed by atoms with E-state index in [1.807, 2.05) is 12.1 Å². The summed E-state index contributed by atoms with van der Waals surface area (Å²) in [5.41, 5.74) is 1.02. The van der Waals surface area contributed by atoms with Gasteiger partial charge in [0.1, 0.15) is 5.82 Å². The van der Waals surface area contributed by atoms with Crippen molar-refractivity contribution in [2.24, 2.45) is 5.92 Å². The van der Waals surface area contributed by atoms with Gasteiger partial charge in [-0.05, 0) is 13.1 Å². The molecule has 2 fully saturated rings. The van der Waals surface area contributed by atoms with Gasteiger partial charge in [0.2, 0.25) is 11.8 Å². The van der Waals surface area contributed by atoms with Crippen molar-refractivity contribution in [1.82, 2.24) is 20.1 Å². The number of rotatable bonds is 4. The second-order valence-electron chi connectivity index (χ2n) is 6.67. The van der Waals surface area contributed by atoms with Gasteiger partial charge in [0.25, 0.3) is 0 Å². The fourth-order valence-corrected chi connectivity index (χ4v) is 3.24. The average Bonchev–Trinajstić information content (AvgIpc) is 2.93. The number of likely N-dealkylation sites (tertiary alicyclic amines) is 1. The highest BCUT2D eigenvalue weighted by Gasteiger charge is 2.32. The molecular weight excluding hydrogens is 306 g/mol. The molecule has 0 saturated carbocycles. The molecule has 0 aromatic carbocycles. The Balaban J connectivity index is 1.61. The van der Waals surface area contributed by atoms with Crippen LogP contribution >= 0.6 is 0 Å². The van der Waals surface area contributed by atoms with Crippen LogP contribution in [0.4, 0.5) is 5.82 Å². The number of anilines is 1. The van der Waals surface area contributed by atoms with Crippen molar-refractivity contribution in [3.63, 3.8) is 0 Å². The van der Waals surface area contributed by atoms with Crippen molar-refractivity contribution in [2.45, 2.75) is 13.0 Å². The van der Waals surface area contributed by atoms with Crippen LogP contribution in [0.3, 0.4) is 0 Å². The fourth-order valence-electron chi connectivity index (χ4n) is 3.24. The topological polar surface area (TPSA) is 68.8 Å². The maximum absolute atomic E-state index is 12.3. The van der Waals surface area contributed by atoms with Crippen LogP contribution in [0.25, 0.3) is 0 Å². The Kier molecular flexibility index (Phi) is 4.99. The van der Waals surface area contributed by atoms with Gasteiger partial charge in [-0.1, -0.05) is 6.07 Å². The first-order chi connectivity index (χ1) is 11.5. The van der Waals surface area contributed by atoms with Crippen molar-refractivity contribution in [2.75, 3.05) is 51.7 Å². The van der Waals surface area contributed by atoms with E-state index >= 15 is 0 Å². The smallest absolute Gasteiger partial charge is 0.225 e. The molecule has 0 unspecified atom stereocenters. The summed E-state index contributed by atoms with van der Waals surface area (Å²) in [6.07, 6.45) is 2.10. The molecule has 2 aliphatic heterocycles. The Morgan fingerprint density at radius 1 is 1.29 bits per heavy atom. The largest absolute Gasteiger partial charge is 0.354 e. The molecule has 0 spiro atoms. The molecule has 1 atom stereocenters. The second kappa shape index (κ2) is 7.17. The molecule has 7 heteroatoms. The Morgan fingerprint density at radius 2 is 2.04 bits per heavy atom. The lowest BCUT2D eigenvalue weighted by Crippen LogP contribution is -2.45. The Bertz CT molecular complexity index is 613. The zero-order chi connectivity index (χ0) is 17.1. The molecule has 1 aromatic heterocycles. The molecule has 24 heavy (non-hydrogen) atoms. The predicted octanol–water partition coefficient (Wildman–Crippen LogP) is -0.0721. The fraction of sp³-hybridized carbons (Fsp3) is 0.588. The van der Waals surface area contributed by atoms with Crippen molar-refractivity contribution in [3.8, 4) is 0 Å². The summed E-state index contributed by atoms with van der Waals surface area (Å²) in [4.78, 5) is 34.6. The summed E-state index contributed by atoms with van der Waals surface area (Å²) < 4.78 is 0. The van der Waals surface area contributed by atoms with Crippen LogP contribution in [0.5, 0.6) is 0 Å². The van der Waals surface area contributed by atoms with E-state index in [4.69, 9.17) is 0 Å². The van der Waals surface area contributed by atoms with Gasteiger partial charge in [-0.15, -0.1) is 0 Å². The molecule has 1 aromatic rings. The van der Waals surface area contributed by atoms with Crippen LogP contribution in [0, 0.1) is 5.92 Å². The van der Waals surface area contributed by atoms with Gasteiger partial charge >= 0.3 is 0 Å². The standard InChI is InChI=1S/C17H25N5O2/c1-20-6-8-22(9-7-20)16-13(4-3-5-18-16)11-19-17(24)14-10-15(23)21(2)12-14/h3-5,14H,6-12H2,1-2H3,(H,19,24)/t14-/m0/s1. The van der Waals surface area contributed by atoms with Crippen LogP contribution in [-0.2, 0) is 16.1 Å². The zero-order valence-corrected chi connectivity index (χ0v) is 14.4. The molecule has 2 saturated heterocycles. The van der Waals surface area contributed by atoms with Gasteiger partial charge in [0, 0.05) is 64.5 Å². The van der Waals surface area contributed by atoms with Crippen LogP contribution in [0.2, 0.25) is 0 Å². The first-order valence-corrected chi connectivity index (χ1v) is 8.43. The van der Waals surface area contributed by atoms with Crippen LogP contribution in [0.1, 0.15) is 12.0 Å². The number of hydrogen-bond donors (Lipinski definition) is 1. The first kappa shape index (κ1) is 16.7.